The molecule has 1 saturated carbocycles. The van der Waals surface area contributed by atoms with Crippen molar-refractivity contribution in [3.05, 3.63) is 17.7 Å². The van der Waals surface area contributed by atoms with Gasteiger partial charge in [-0.25, -0.2) is 0 Å². The van der Waals surface area contributed by atoms with E-state index in [0.717, 1.165) is 31.2 Å². The minimum Gasteiger partial charge on any atom is -0.493 e. The number of benzene rings is 1. The fourth-order valence-corrected chi connectivity index (χ4v) is 4.41. The average molecular weight is 362 g/mol. The monoisotopic (exact) mass is 362 g/mol. The van der Waals surface area contributed by atoms with Crippen LogP contribution < -0.4 is 19.5 Å². The van der Waals surface area contributed by atoms with E-state index in [1.165, 1.54) is 19.4 Å². The van der Waals surface area contributed by atoms with Crippen LogP contribution in [0.2, 0.25) is 0 Å². The highest BCUT2D eigenvalue weighted by Gasteiger charge is 2.34. The molecule has 0 aromatic heterocycles. The van der Waals surface area contributed by atoms with E-state index >= 15 is 0 Å². The predicted molar refractivity (Wildman–Crippen MR) is 100 cm³/mol. The number of nitrogens with one attached hydrogen (secondary N) is 1. The minimum atomic E-state index is -0.0827. The quantitative estimate of drug-likeness (QED) is 0.872. The van der Waals surface area contributed by atoms with E-state index < -0.39 is 0 Å². The van der Waals surface area contributed by atoms with E-state index in [2.05, 4.69) is 17.3 Å². The van der Waals surface area contributed by atoms with Crippen LogP contribution in [0.5, 0.6) is 17.2 Å². The van der Waals surface area contributed by atoms with Gasteiger partial charge in [0.05, 0.1) is 21.3 Å². The smallest absolute Gasteiger partial charge is 0.251 e. The number of hydrogen-bond acceptors (Lipinski definition) is 5. The lowest BCUT2D eigenvalue weighted by Gasteiger charge is -2.42. The molecule has 1 aliphatic carbocycles. The molecule has 6 nitrogen and oxygen atoms in total. The number of fused-ring (bicyclic) bond motifs is 1. The molecule has 6 heteroatoms. The summed E-state index contributed by atoms with van der Waals surface area (Å²) in [6, 6.07) is 3.65. The van der Waals surface area contributed by atoms with Gasteiger partial charge in [-0.1, -0.05) is 0 Å². The topological polar surface area (TPSA) is 60.0 Å². The summed E-state index contributed by atoms with van der Waals surface area (Å²) in [5.74, 6) is 2.92. The van der Waals surface area contributed by atoms with Crippen molar-refractivity contribution in [2.45, 2.75) is 31.7 Å². The van der Waals surface area contributed by atoms with Gasteiger partial charge in [-0.2, -0.15) is 0 Å². The Balaban J connectivity index is 1.68. The van der Waals surface area contributed by atoms with E-state index in [1.54, 1.807) is 33.5 Å². The van der Waals surface area contributed by atoms with Gasteiger partial charge in [0.2, 0.25) is 5.75 Å². The molecule has 0 spiro atoms. The van der Waals surface area contributed by atoms with Crippen LogP contribution >= 0.6 is 0 Å². The van der Waals surface area contributed by atoms with E-state index in [9.17, 15) is 4.79 Å². The fourth-order valence-electron chi connectivity index (χ4n) is 4.41. The fraction of sp³-hybridized carbons (Fsp3) is 0.650. The van der Waals surface area contributed by atoms with Crippen molar-refractivity contribution in [3.8, 4) is 17.2 Å². The Kier molecular flexibility index (Phi) is 5.91. The molecule has 1 N–H and O–H groups in total. The first kappa shape index (κ1) is 18.8. The normalized spacial score (nSPS) is 25.9. The van der Waals surface area contributed by atoms with Gasteiger partial charge in [0.25, 0.3) is 5.91 Å². The Hall–Kier alpha value is -1.95. The van der Waals surface area contributed by atoms with Gasteiger partial charge in [-0.15, -0.1) is 0 Å². The van der Waals surface area contributed by atoms with Gasteiger partial charge in [0.1, 0.15) is 0 Å². The van der Waals surface area contributed by atoms with E-state index in [1.807, 2.05) is 0 Å². The number of carbonyl (C=O) groups is 1. The number of likely N-dealkylation sites (tertiary alicyclic amines) is 1. The van der Waals surface area contributed by atoms with Crippen LogP contribution in [-0.4, -0.2) is 58.3 Å². The van der Waals surface area contributed by atoms with Crippen LogP contribution in [0.3, 0.4) is 0 Å². The zero-order valence-electron chi connectivity index (χ0n) is 16.2. The van der Waals surface area contributed by atoms with Crippen molar-refractivity contribution in [2.24, 2.45) is 11.8 Å². The Morgan fingerprint density at radius 1 is 1.04 bits per heavy atom. The third-order valence-corrected chi connectivity index (χ3v) is 5.83. The van der Waals surface area contributed by atoms with Gasteiger partial charge in [0.15, 0.2) is 11.5 Å². The first-order chi connectivity index (χ1) is 12.5. The van der Waals surface area contributed by atoms with E-state index in [4.69, 9.17) is 14.2 Å². The zero-order valence-corrected chi connectivity index (χ0v) is 16.2. The second-order valence-electron chi connectivity index (χ2n) is 7.47. The number of carbonyl (C=O) groups excluding carboxylic acids is 1. The summed E-state index contributed by atoms with van der Waals surface area (Å²) in [6.07, 6.45) is 4.55. The van der Waals surface area contributed by atoms with Crippen LogP contribution in [-0.2, 0) is 0 Å². The maximum atomic E-state index is 12.8. The largest absolute Gasteiger partial charge is 0.493 e. The molecule has 1 aromatic rings. The third-order valence-electron chi connectivity index (χ3n) is 5.83. The Bertz CT molecular complexity index is 624. The average Bonchev–Trinajstić information content (AvgIpc) is 2.66. The van der Waals surface area contributed by atoms with Gasteiger partial charge < -0.3 is 24.4 Å². The summed E-state index contributed by atoms with van der Waals surface area (Å²) in [5, 5.41) is 3.22. The summed E-state index contributed by atoms with van der Waals surface area (Å²) in [7, 11) is 6.87. The van der Waals surface area contributed by atoms with Crippen molar-refractivity contribution < 1.29 is 19.0 Å². The summed E-state index contributed by atoms with van der Waals surface area (Å²) < 4.78 is 16.0. The number of amides is 1. The molecule has 0 bridgehead atoms. The Morgan fingerprint density at radius 3 is 2.35 bits per heavy atom. The second kappa shape index (κ2) is 8.16. The minimum absolute atomic E-state index is 0.0827. The Morgan fingerprint density at radius 2 is 1.73 bits per heavy atom. The van der Waals surface area contributed by atoms with E-state index in [0.29, 0.717) is 22.8 Å². The van der Waals surface area contributed by atoms with Crippen molar-refractivity contribution in [2.75, 3.05) is 41.5 Å². The molecule has 2 fully saturated rings. The van der Waals surface area contributed by atoms with Crippen LogP contribution in [0.15, 0.2) is 12.1 Å². The van der Waals surface area contributed by atoms with Crippen LogP contribution in [0.25, 0.3) is 0 Å². The molecule has 3 atom stereocenters. The standard InChI is InChI=1S/C20H30N2O4/c1-22-8-7-13-9-16(6-5-14(13)12-22)21-20(23)15-10-17(24-2)19(26-4)18(11-15)25-3/h10-11,13-14,16H,5-9,12H2,1-4H3,(H,21,23)/t13-,14+,16?/m1/s1. The first-order valence-corrected chi connectivity index (χ1v) is 9.35. The number of hydrogen-bond donors (Lipinski definition) is 1. The lowest BCUT2D eigenvalue weighted by molar-refractivity contribution is 0.0771. The zero-order chi connectivity index (χ0) is 18.7. The van der Waals surface area contributed by atoms with Crippen molar-refractivity contribution in [1.29, 1.82) is 0 Å². The molecule has 26 heavy (non-hydrogen) atoms. The highest BCUT2D eigenvalue weighted by molar-refractivity contribution is 5.95. The molecule has 1 saturated heterocycles. The number of methoxy groups -OCH3 is 3. The molecule has 144 valence electrons. The molecule has 2 aliphatic rings. The lowest BCUT2D eigenvalue weighted by Crippen LogP contribution is -2.46. The maximum absolute atomic E-state index is 12.8. The Labute approximate surface area is 155 Å². The van der Waals surface area contributed by atoms with E-state index in [-0.39, 0.29) is 11.9 Å². The van der Waals surface area contributed by atoms with Crippen LogP contribution in [0, 0.1) is 11.8 Å². The number of ether oxygens (including phenoxy) is 3. The summed E-state index contributed by atoms with van der Waals surface area (Å²) in [6.45, 7) is 2.35. The van der Waals surface area contributed by atoms with Gasteiger partial charge >= 0.3 is 0 Å². The van der Waals surface area contributed by atoms with Gasteiger partial charge in [-0.3, -0.25) is 4.79 Å². The molecule has 3 rings (SSSR count). The number of piperidine rings is 1. The highest BCUT2D eigenvalue weighted by atomic mass is 16.5. The summed E-state index contributed by atoms with van der Waals surface area (Å²) in [5.41, 5.74) is 0.532. The number of nitrogens with zero attached hydrogens (tertiary/aromatic N) is 1. The van der Waals surface area contributed by atoms with Gasteiger partial charge in [-0.05, 0) is 63.2 Å². The highest BCUT2D eigenvalue weighted by Crippen LogP contribution is 2.39. The van der Waals surface area contributed by atoms with Crippen molar-refractivity contribution in [3.63, 3.8) is 0 Å². The summed E-state index contributed by atoms with van der Waals surface area (Å²) >= 11 is 0. The predicted octanol–water partition coefficient (Wildman–Crippen LogP) is 2.56. The SMILES string of the molecule is COc1cc(C(=O)NC2CC[C@H]3CN(C)CC[C@@H]3C2)cc(OC)c1OC. The number of rotatable bonds is 5. The molecule has 1 amide bonds. The molecule has 1 aliphatic heterocycles. The molecule has 1 heterocycles. The van der Waals surface area contributed by atoms with Crippen LogP contribution in [0.1, 0.15) is 36.0 Å². The first-order valence-electron chi connectivity index (χ1n) is 9.35. The van der Waals surface area contributed by atoms with Crippen LogP contribution in [0.4, 0.5) is 0 Å². The molecule has 1 aromatic carbocycles. The molecule has 1 unspecified atom stereocenters. The molecular weight excluding hydrogens is 332 g/mol. The maximum Gasteiger partial charge on any atom is 0.251 e. The molecule has 0 radical (unpaired) electrons. The van der Waals surface area contributed by atoms with Crippen molar-refractivity contribution in [1.82, 2.24) is 10.2 Å². The third kappa shape index (κ3) is 3.90. The van der Waals surface area contributed by atoms with Crippen molar-refractivity contribution >= 4 is 5.91 Å². The summed E-state index contributed by atoms with van der Waals surface area (Å²) in [4.78, 5) is 15.2. The second-order valence-corrected chi connectivity index (χ2v) is 7.47. The molecular formula is C20H30N2O4. The van der Waals surface area contributed by atoms with Gasteiger partial charge in [0, 0.05) is 18.2 Å². The lowest BCUT2D eigenvalue weighted by atomic mass is 9.73.